The lowest BCUT2D eigenvalue weighted by atomic mass is 9.94. The number of benzene rings is 2. The van der Waals surface area contributed by atoms with E-state index in [1.807, 2.05) is 17.1 Å². The molecule has 35 heavy (non-hydrogen) atoms. The number of amides is 2. The van der Waals surface area contributed by atoms with Crippen LogP contribution < -0.4 is 27.6 Å². The first-order valence-electron chi connectivity index (χ1n) is 10.3. The Morgan fingerprint density at radius 1 is 1.09 bits per heavy atom. The molecule has 1 aliphatic rings. The minimum absolute atomic E-state index is 0.115. The molecule has 2 aromatic carbocycles. The summed E-state index contributed by atoms with van der Waals surface area (Å²) in [6, 6.07) is 13.7. The Labute approximate surface area is 203 Å². The van der Waals surface area contributed by atoms with Crippen LogP contribution in [0.25, 0.3) is 16.7 Å². The van der Waals surface area contributed by atoms with Gasteiger partial charge in [-0.05, 0) is 35.4 Å². The second-order valence-electron chi connectivity index (χ2n) is 7.56. The SMILES string of the molecule is N=C/C(C(=O)NCc1cc(=O)[nH]c(=O)[nH]1)=C(N)/C=C1\C(=O)Nc2cccc(-c3cccc(Cl)c3)c21. The topological polar surface area (TPSA) is 174 Å². The molecule has 1 aliphatic heterocycles. The first kappa shape index (κ1) is 23.5. The smallest absolute Gasteiger partial charge is 0.325 e. The summed E-state index contributed by atoms with van der Waals surface area (Å²) < 4.78 is 0. The Bertz CT molecular complexity index is 1520. The van der Waals surface area contributed by atoms with Crippen molar-refractivity contribution >= 4 is 40.9 Å². The number of H-pyrrole nitrogens is 2. The molecule has 2 amide bonds. The monoisotopic (exact) mass is 490 g/mol. The van der Waals surface area contributed by atoms with Crippen LogP contribution in [-0.4, -0.2) is 28.0 Å². The zero-order valence-corrected chi connectivity index (χ0v) is 18.8. The van der Waals surface area contributed by atoms with Crippen LogP contribution in [0.2, 0.25) is 5.02 Å². The summed E-state index contributed by atoms with van der Waals surface area (Å²) in [4.78, 5) is 52.6. The zero-order valence-electron chi connectivity index (χ0n) is 18.1. The van der Waals surface area contributed by atoms with Gasteiger partial charge in [0.15, 0.2) is 0 Å². The van der Waals surface area contributed by atoms with Crippen molar-refractivity contribution in [3.63, 3.8) is 0 Å². The lowest BCUT2D eigenvalue weighted by Crippen LogP contribution is -2.30. The zero-order chi connectivity index (χ0) is 25.1. The first-order chi connectivity index (χ1) is 16.8. The van der Waals surface area contributed by atoms with E-state index in [1.165, 1.54) is 6.08 Å². The molecule has 0 aliphatic carbocycles. The molecular weight excluding hydrogens is 472 g/mol. The van der Waals surface area contributed by atoms with E-state index in [0.717, 1.165) is 23.4 Å². The van der Waals surface area contributed by atoms with Crippen molar-refractivity contribution < 1.29 is 9.59 Å². The molecular formula is C24H19ClN6O4. The summed E-state index contributed by atoms with van der Waals surface area (Å²) in [5.41, 5.74) is 7.57. The standard InChI is InChI=1S/C24H19ClN6O4/c25-13-4-1-3-12(7-13)15-5-2-6-19-21(15)16(23(34)30-19)9-18(27)17(10-26)22(33)28-11-14-8-20(32)31-24(35)29-14/h1-10,26H,11,27H2,(H,28,33)(H,30,34)(H2,29,31,32,35)/b16-9-,18-17+,26-10?. The normalized spacial score (nSPS) is 14.2. The van der Waals surface area contributed by atoms with Gasteiger partial charge in [-0.1, -0.05) is 35.9 Å². The third kappa shape index (κ3) is 4.97. The van der Waals surface area contributed by atoms with Crippen molar-refractivity contribution in [1.29, 1.82) is 5.41 Å². The fourth-order valence-corrected chi connectivity index (χ4v) is 3.87. The van der Waals surface area contributed by atoms with Gasteiger partial charge in [0.2, 0.25) is 0 Å². The Kier molecular flexibility index (Phi) is 6.47. The number of allylic oxidation sites excluding steroid dienone is 1. The number of halogens is 1. The number of nitrogens with one attached hydrogen (secondary N) is 5. The number of rotatable bonds is 6. The molecule has 4 rings (SSSR count). The van der Waals surface area contributed by atoms with E-state index in [-0.39, 0.29) is 29.1 Å². The highest BCUT2D eigenvalue weighted by Gasteiger charge is 2.28. The molecule has 0 fully saturated rings. The summed E-state index contributed by atoms with van der Waals surface area (Å²) in [6.07, 6.45) is 2.10. The molecule has 0 atom stereocenters. The van der Waals surface area contributed by atoms with Crippen LogP contribution >= 0.6 is 11.6 Å². The minimum atomic E-state index is -0.725. The minimum Gasteiger partial charge on any atom is -0.398 e. The van der Waals surface area contributed by atoms with Gasteiger partial charge in [0.05, 0.1) is 17.7 Å². The number of carbonyl (C=O) groups is 2. The molecule has 3 aromatic rings. The van der Waals surface area contributed by atoms with Crippen LogP contribution in [0.5, 0.6) is 0 Å². The van der Waals surface area contributed by atoms with Gasteiger partial charge in [0.1, 0.15) is 0 Å². The summed E-state index contributed by atoms with van der Waals surface area (Å²) in [6.45, 7) is -0.179. The predicted octanol–water partition coefficient (Wildman–Crippen LogP) is 1.90. The summed E-state index contributed by atoms with van der Waals surface area (Å²) in [5, 5.41) is 13.5. The highest BCUT2D eigenvalue weighted by molar-refractivity contribution is 6.34. The molecule has 0 bridgehead atoms. The van der Waals surface area contributed by atoms with Gasteiger partial charge in [-0.25, -0.2) is 4.79 Å². The molecule has 0 spiro atoms. The quantitative estimate of drug-likeness (QED) is 0.228. The van der Waals surface area contributed by atoms with Crippen molar-refractivity contribution in [2.45, 2.75) is 6.54 Å². The number of carbonyl (C=O) groups excluding carboxylic acids is 2. The number of hydrogen-bond donors (Lipinski definition) is 6. The maximum atomic E-state index is 12.8. The van der Waals surface area contributed by atoms with Crippen molar-refractivity contribution in [3.05, 3.63) is 103 Å². The Morgan fingerprint density at radius 2 is 1.86 bits per heavy atom. The van der Waals surface area contributed by atoms with E-state index in [9.17, 15) is 19.2 Å². The summed E-state index contributed by atoms with van der Waals surface area (Å²) in [7, 11) is 0. The van der Waals surface area contributed by atoms with Crippen molar-refractivity contribution in [2.75, 3.05) is 5.32 Å². The lowest BCUT2D eigenvalue weighted by molar-refractivity contribution is -0.117. The van der Waals surface area contributed by atoms with Gasteiger partial charge < -0.3 is 26.8 Å². The predicted molar refractivity (Wildman–Crippen MR) is 133 cm³/mol. The fraction of sp³-hybridized carbons (Fsp3) is 0.0417. The van der Waals surface area contributed by atoms with Gasteiger partial charge in [-0.15, -0.1) is 0 Å². The van der Waals surface area contributed by atoms with Crippen LogP contribution in [0.15, 0.2) is 75.5 Å². The molecule has 0 saturated carbocycles. The van der Waals surface area contributed by atoms with Gasteiger partial charge in [-0.2, -0.15) is 0 Å². The Hall–Kier alpha value is -4.70. The number of hydrogen-bond acceptors (Lipinski definition) is 6. The maximum Gasteiger partial charge on any atom is 0.325 e. The van der Waals surface area contributed by atoms with Gasteiger partial charge >= 0.3 is 5.69 Å². The molecule has 1 aromatic heterocycles. The van der Waals surface area contributed by atoms with Crippen LogP contribution in [0.3, 0.4) is 0 Å². The third-order valence-electron chi connectivity index (χ3n) is 5.22. The third-order valence-corrected chi connectivity index (χ3v) is 5.45. The average molecular weight is 491 g/mol. The molecule has 11 heteroatoms. The Balaban J connectivity index is 1.69. The molecule has 176 valence electrons. The molecule has 0 unspecified atom stereocenters. The van der Waals surface area contributed by atoms with E-state index < -0.39 is 23.1 Å². The summed E-state index contributed by atoms with van der Waals surface area (Å²) in [5.74, 6) is -1.14. The maximum absolute atomic E-state index is 12.8. The van der Waals surface area contributed by atoms with E-state index in [2.05, 4.69) is 15.6 Å². The second-order valence-corrected chi connectivity index (χ2v) is 8.00. The molecule has 0 saturated heterocycles. The summed E-state index contributed by atoms with van der Waals surface area (Å²) >= 11 is 6.15. The second kappa shape index (κ2) is 9.65. The van der Waals surface area contributed by atoms with Crippen molar-refractivity contribution in [2.24, 2.45) is 5.73 Å². The molecule has 2 heterocycles. The highest BCUT2D eigenvalue weighted by Crippen LogP contribution is 2.40. The van der Waals surface area contributed by atoms with E-state index in [0.29, 0.717) is 16.3 Å². The van der Waals surface area contributed by atoms with Crippen molar-refractivity contribution in [3.8, 4) is 11.1 Å². The first-order valence-corrected chi connectivity index (χ1v) is 10.7. The molecule has 0 radical (unpaired) electrons. The number of aromatic nitrogens is 2. The van der Waals surface area contributed by atoms with E-state index in [1.54, 1.807) is 30.3 Å². The van der Waals surface area contributed by atoms with Gasteiger partial charge in [0, 0.05) is 39.9 Å². The van der Waals surface area contributed by atoms with Crippen LogP contribution in [0.1, 0.15) is 11.3 Å². The molecule has 7 N–H and O–H groups in total. The number of nitrogens with two attached hydrogens (primary N) is 1. The van der Waals surface area contributed by atoms with E-state index in [4.69, 9.17) is 22.7 Å². The Morgan fingerprint density at radius 3 is 2.57 bits per heavy atom. The van der Waals surface area contributed by atoms with Gasteiger partial charge in [0.25, 0.3) is 17.4 Å². The van der Waals surface area contributed by atoms with Crippen LogP contribution in [0.4, 0.5) is 5.69 Å². The fourth-order valence-electron chi connectivity index (χ4n) is 3.68. The van der Waals surface area contributed by atoms with Gasteiger partial charge in [-0.3, -0.25) is 19.4 Å². The number of aromatic amines is 2. The molecule has 10 nitrogen and oxygen atoms in total. The lowest BCUT2D eigenvalue weighted by Gasteiger charge is -2.10. The van der Waals surface area contributed by atoms with E-state index >= 15 is 0 Å². The van der Waals surface area contributed by atoms with Crippen LogP contribution in [0, 0.1) is 5.41 Å². The van der Waals surface area contributed by atoms with Crippen LogP contribution in [-0.2, 0) is 16.1 Å². The van der Waals surface area contributed by atoms with Crippen molar-refractivity contribution in [1.82, 2.24) is 15.3 Å². The number of fused-ring (bicyclic) bond motifs is 1. The number of anilines is 1. The average Bonchev–Trinajstić information content (AvgIpc) is 3.12. The largest absolute Gasteiger partial charge is 0.398 e. The highest BCUT2D eigenvalue weighted by atomic mass is 35.5.